The smallest absolute Gasteiger partial charge is 0.331 e. The molecule has 0 aliphatic rings. The van der Waals surface area contributed by atoms with E-state index in [4.69, 9.17) is 4.74 Å². The Balaban J connectivity index is 1.57. The van der Waals surface area contributed by atoms with Gasteiger partial charge in [-0.1, -0.05) is 24.3 Å². The Kier molecular flexibility index (Phi) is 6.61. The number of amides is 1. The van der Waals surface area contributed by atoms with Crippen molar-refractivity contribution in [3.63, 3.8) is 0 Å². The third-order valence-corrected chi connectivity index (χ3v) is 5.48. The van der Waals surface area contributed by atoms with Crippen LogP contribution in [0, 0.1) is 13.8 Å². The van der Waals surface area contributed by atoms with Gasteiger partial charge in [0.15, 0.2) is 6.61 Å². The number of hydrogen-bond acceptors (Lipinski definition) is 5. The van der Waals surface area contributed by atoms with Gasteiger partial charge >= 0.3 is 5.97 Å². The Morgan fingerprint density at radius 2 is 1.97 bits per heavy atom. The quantitative estimate of drug-likeness (QED) is 0.473. The predicted molar refractivity (Wildman–Crippen MR) is 114 cm³/mol. The molecule has 1 aromatic carbocycles. The van der Waals surface area contributed by atoms with Crippen molar-refractivity contribution in [2.24, 2.45) is 0 Å². The Hall–Kier alpha value is -3.19. The number of aryl methyl sites for hydroxylation is 1. The number of nitrogens with zero attached hydrogens (tertiary/aromatic N) is 2. The Morgan fingerprint density at radius 1 is 1.21 bits per heavy atom. The highest BCUT2D eigenvalue weighted by molar-refractivity contribution is 7.10. The minimum atomic E-state index is -0.574. The van der Waals surface area contributed by atoms with Crippen molar-refractivity contribution in [1.82, 2.24) is 15.1 Å². The van der Waals surface area contributed by atoms with Gasteiger partial charge in [0.25, 0.3) is 5.91 Å². The molecule has 1 amide bonds. The lowest BCUT2D eigenvalue weighted by atomic mass is 10.2. The molecule has 0 aliphatic carbocycles. The number of para-hydroxylation sites is 1. The second kappa shape index (κ2) is 9.34. The summed E-state index contributed by atoms with van der Waals surface area (Å²) < 4.78 is 6.89. The molecule has 0 saturated carbocycles. The van der Waals surface area contributed by atoms with Gasteiger partial charge in [-0.3, -0.25) is 4.79 Å². The molecule has 0 aliphatic heterocycles. The molecule has 29 heavy (non-hydrogen) atoms. The summed E-state index contributed by atoms with van der Waals surface area (Å²) in [7, 11) is 0. The number of nitrogens with one attached hydrogen (secondary N) is 1. The Bertz CT molecular complexity index is 1010. The average Bonchev–Trinajstić information content (AvgIpc) is 3.34. The van der Waals surface area contributed by atoms with Crippen LogP contribution in [0.15, 0.2) is 53.9 Å². The first-order chi connectivity index (χ1) is 14.0. The first kappa shape index (κ1) is 20.5. The van der Waals surface area contributed by atoms with Gasteiger partial charge in [0.1, 0.15) is 0 Å². The zero-order valence-electron chi connectivity index (χ0n) is 16.6. The lowest BCUT2D eigenvalue weighted by Gasteiger charge is -2.11. The molecule has 2 heterocycles. The molecule has 2 aromatic heterocycles. The third kappa shape index (κ3) is 5.20. The van der Waals surface area contributed by atoms with Crippen molar-refractivity contribution in [2.75, 3.05) is 6.61 Å². The van der Waals surface area contributed by atoms with Gasteiger partial charge in [0.2, 0.25) is 0 Å². The standard InChI is InChI=1S/C22H23N3O3S/c1-15-19(17(3)25(24-15)18-8-5-4-6-9-18)11-12-22(27)28-14-21(26)23-16(2)20-10-7-13-29-20/h4-13,16H,14H2,1-3H3,(H,23,26)/b12-11+/t16-/m0/s1. The van der Waals surface area contributed by atoms with Crippen molar-refractivity contribution in [2.45, 2.75) is 26.8 Å². The number of hydrogen-bond donors (Lipinski definition) is 1. The van der Waals surface area contributed by atoms with Crippen molar-refractivity contribution in [1.29, 1.82) is 0 Å². The monoisotopic (exact) mass is 409 g/mol. The number of ether oxygens (including phenoxy) is 1. The largest absolute Gasteiger partial charge is 0.452 e. The lowest BCUT2D eigenvalue weighted by molar-refractivity contribution is -0.144. The zero-order chi connectivity index (χ0) is 20.8. The van der Waals surface area contributed by atoms with Gasteiger partial charge < -0.3 is 10.1 Å². The Morgan fingerprint density at radius 3 is 2.66 bits per heavy atom. The fraction of sp³-hybridized carbons (Fsp3) is 0.227. The summed E-state index contributed by atoms with van der Waals surface area (Å²) in [6.07, 6.45) is 2.99. The highest BCUT2D eigenvalue weighted by atomic mass is 32.1. The number of aromatic nitrogens is 2. The molecule has 3 aromatic rings. The second-order valence-corrected chi connectivity index (χ2v) is 7.56. The molecule has 0 fully saturated rings. The van der Waals surface area contributed by atoms with Crippen molar-refractivity contribution in [3.05, 3.63) is 75.7 Å². The molecule has 7 heteroatoms. The molecular formula is C22H23N3O3S. The van der Waals surface area contributed by atoms with Gasteiger partial charge in [-0.25, -0.2) is 9.48 Å². The van der Waals surface area contributed by atoms with Gasteiger partial charge in [-0.15, -0.1) is 11.3 Å². The number of carbonyl (C=O) groups is 2. The van der Waals surface area contributed by atoms with Crippen LogP contribution in [0.1, 0.15) is 34.8 Å². The van der Waals surface area contributed by atoms with Crippen LogP contribution in [0.4, 0.5) is 0 Å². The van der Waals surface area contributed by atoms with E-state index in [1.165, 1.54) is 6.08 Å². The van der Waals surface area contributed by atoms with E-state index < -0.39 is 5.97 Å². The molecule has 0 bridgehead atoms. The van der Waals surface area contributed by atoms with Crippen LogP contribution in [-0.4, -0.2) is 28.3 Å². The first-order valence-corrected chi connectivity index (χ1v) is 10.1. The topological polar surface area (TPSA) is 73.2 Å². The second-order valence-electron chi connectivity index (χ2n) is 6.58. The van der Waals surface area contributed by atoms with Crippen LogP contribution >= 0.6 is 11.3 Å². The van der Waals surface area contributed by atoms with E-state index in [2.05, 4.69) is 10.4 Å². The Labute approximate surface area is 173 Å². The number of carbonyl (C=O) groups excluding carboxylic acids is 2. The van der Waals surface area contributed by atoms with Gasteiger partial charge in [-0.2, -0.15) is 5.10 Å². The molecule has 0 saturated heterocycles. The molecule has 3 rings (SSSR count). The maximum absolute atomic E-state index is 12.0. The zero-order valence-corrected chi connectivity index (χ0v) is 17.4. The van der Waals surface area contributed by atoms with E-state index in [9.17, 15) is 9.59 Å². The molecule has 1 atom stereocenters. The highest BCUT2D eigenvalue weighted by Crippen LogP contribution is 2.19. The molecule has 0 spiro atoms. The molecule has 0 unspecified atom stereocenters. The maximum atomic E-state index is 12.0. The fourth-order valence-electron chi connectivity index (χ4n) is 2.94. The van der Waals surface area contributed by atoms with E-state index in [1.807, 2.05) is 73.3 Å². The summed E-state index contributed by atoms with van der Waals surface area (Å²) in [6, 6.07) is 13.5. The average molecular weight is 410 g/mol. The summed E-state index contributed by atoms with van der Waals surface area (Å²) in [6.45, 7) is 5.40. The van der Waals surface area contributed by atoms with Crippen LogP contribution in [0.2, 0.25) is 0 Å². The minimum Gasteiger partial charge on any atom is -0.452 e. The number of rotatable bonds is 7. The van der Waals surface area contributed by atoms with E-state index in [0.717, 1.165) is 27.5 Å². The van der Waals surface area contributed by atoms with Crippen molar-refractivity contribution >= 4 is 29.3 Å². The highest BCUT2D eigenvalue weighted by Gasteiger charge is 2.13. The summed E-state index contributed by atoms with van der Waals surface area (Å²) in [5.41, 5.74) is 3.52. The van der Waals surface area contributed by atoms with Gasteiger partial charge in [0, 0.05) is 22.2 Å². The van der Waals surface area contributed by atoms with Crippen molar-refractivity contribution < 1.29 is 14.3 Å². The fourth-order valence-corrected chi connectivity index (χ4v) is 3.68. The predicted octanol–water partition coefficient (Wildman–Crippen LogP) is 3.98. The number of esters is 1. The molecule has 0 radical (unpaired) electrons. The van der Waals surface area contributed by atoms with Crippen LogP contribution in [-0.2, 0) is 14.3 Å². The summed E-state index contributed by atoms with van der Waals surface area (Å²) in [4.78, 5) is 25.0. The van der Waals surface area contributed by atoms with Gasteiger partial charge in [-0.05, 0) is 50.4 Å². The molecule has 1 N–H and O–H groups in total. The van der Waals surface area contributed by atoms with Gasteiger partial charge in [0.05, 0.1) is 17.4 Å². The van der Waals surface area contributed by atoms with E-state index >= 15 is 0 Å². The van der Waals surface area contributed by atoms with Crippen LogP contribution < -0.4 is 5.32 Å². The molecular weight excluding hydrogens is 386 g/mol. The lowest BCUT2D eigenvalue weighted by Crippen LogP contribution is -2.30. The number of thiophene rings is 1. The van der Waals surface area contributed by atoms with Crippen LogP contribution in [0.3, 0.4) is 0 Å². The molecule has 150 valence electrons. The van der Waals surface area contributed by atoms with Crippen LogP contribution in [0.25, 0.3) is 11.8 Å². The maximum Gasteiger partial charge on any atom is 0.331 e. The summed E-state index contributed by atoms with van der Waals surface area (Å²) in [5.74, 6) is -0.910. The molecule has 6 nitrogen and oxygen atoms in total. The number of benzene rings is 1. The SMILES string of the molecule is Cc1nn(-c2ccccc2)c(C)c1/C=C/C(=O)OCC(=O)N[C@@H](C)c1cccs1. The van der Waals surface area contributed by atoms with E-state index in [-0.39, 0.29) is 18.6 Å². The normalized spacial score (nSPS) is 12.1. The third-order valence-electron chi connectivity index (χ3n) is 4.43. The van der Waals surface area contributed by atoms with E-state index in [1.54, 1.807) is 17.4 Å². The van der Waals surface area contributed by atoms with Crippen LogP contribution in [0.5, 0.6) is 0 Å². The van der Waals surface area contributed by atoms with E-state index in [0.29, 0.717) is 0 Å². The summed E-state index contributed by atoms with van der Waals surface area (Å²) >= 11 is 1.56. The first-order valence-electron chi connectivity index (χ1n) is 9.25. The summed E-state index contributed by atoms with van der Waals surface area (Å²) in [5, 5.41) is 9.30. The minimum absolute atomic E-state index is 0.120. The van der Waals surface area contributed by atoms with Crippen molar-refractivity contribution in [3.8, 4) is 5.69 Å².